The fraction of sp³-hybridized carbons (Fsp3) is 0.308. The first-order valence-corrected chi connectivity index (χ1v) is 6.30. The van der Waals surface area contributed by atoms with Crippen molar-refractivity contribution in [3.63, 3.8) is 0 Å². The maximum atomic E-state index is 12.3. The van der Waals surface area contributed by atoms with Crippen molar-refractivity contribution in [2.24, 2.45) is 0 Å². The van der Waals surface area contributed by atoms with E-state index in [4.69, 9.17) is 5.11 Å². The highest BCUT2D eigenvalue weighted by molar-refractivity contribution is 5.96. The molecular weight excluding hydrogens is 272 g/mol. The Labute approximate surface area is 121 Å². The van der Waals surface area contributed by atoms with Crippen LogP contribution in [0.3, 0.4) is 0 Å². The molecule has 0 aromatic carbocycles. The van der Waals surface area contributed by atoms with Crippen LogP contribution in [-0.2, 0) is 0 Å². The minimum absolute atomic E-state index is 0.0242. The summed E-state index contributed by atoms with van der Waals surface area (Å²) in [4.78, 5) is 16.2. The molecule has 0 aliphatic rings. The summed E-state index contributed by atoms with van der Waals surface area (Å²) < 4.78 is 0. The zero-order valence-electron chi connectivity index (χ0n) is 11.4. The Kier molecular flexibility index (Phi) is 4.95. The number of rotatable bonds is 4. The van der Waals surface area contributed by atoms with Crippen molar-refractivity contribution >= 4 is 5.91 Å². The summed E-state index contributed by atoms with van der Waals surface area (Å²) in [6.07, 6.45) is 3.37. The van der Waals surface area contributed by atoms with Gasteiger partial charge in [-0.15, -0.1) is 10.2 Å². The van der Waals surface area contributed by atoms with Gasteiger partial charge in [0.25, 0.3) is 5.91 Å². The van der Waals surface area contributed by atoms with E-state index >= 15 is 0 Å². The number of hydrogen-bond acceptors (Lipinski definition) is 6. The maximum absolute atomic E-state index is 12.3. The Bertz CT molecular complexity index is 659. The van der Waals surface area contributed by atoms with Gasteiger partial charge in [-0.05, 0) is 13.0 Å². The number of nitrogens with one attached hydrogen (secondary N) is 2. The number of hydrogen-bond donors (Lipinski definition) is 3. The van der Waals surface area contributed by atoms with Crippen LogP contribution >= 0.6 is 0 Å². The lowest BCUT2D eigenvalue weighted by Crippen LogP contribution is -2.28. The van der Waals surface area contributed by atoms with Crippen LogP contribution in [0.25, 0.3) is 0 Å². The molecule has 0 saturated carbocycles. The first-order chi connectivity index (χ1) is 10.2. The third-order valence-electron chi connectivity index (χ3n) is 2.62. The highest BCUT2D eigenvalue weighted by Gasteiger charge is 2.16. The van der Waals surface area contributed by atoms with Gasteiger partial charge in [0.1, 0.15) is 0 Å². The molecule has 8 nitrogen and oxygen atoms in total. The van der Waals surface area contributed by atoms with Crippen LogP contribution in [0, 0.1) is 11.8 Å². The normalized spacial score (nSPS) is 11.3. The van der Waals surface area contributed by atoms with Gasteiger partial charge in [-0.25, -0.2) is 0 Å². The third kappa shape index (κ3) is 3.84. The Balaban J connectivity index is 2.14. The Morgan fingerprint density at radius 3 is 3.14 bits per heavy atom. The number of aromatic amines is 1. The van der Waals surface area contributed by atoms with Gasteiger partial charge < -0.3 is 10.4 Å². The molecule has 8 heteroatoms. The largest absolute Gasteiger partial charge is 0.395 e. The fourth-order valence-corrected chi connectivity index (χ4v) is 1.60. The van der Waals surface area contributed by atoms with E-state index in [1.165, 1.54) is 12.4 Å². The predicted molar refractivity (Wildman–Crippen MR) is 72.9 cm³/mol. The van der Waals surface area contributed by atoms with Gasteiger partial charge in [0.2, 0.25) is 0 Å². The van der Waals surface area contributed by atoms with Crippen LogP contribution in [0.1, 0.15) is 41.1 Å². The molecule has 21 heavy (non-hydrogen) atoms. The molecule has 0 fully saturated rings. The zero-order chi connectivity index (χ0) is 15.1. The molecule has 108 valence electrons. The van der Waals surface area contributed by atoms with E-state index in [0.29, 0.717) is 23.4 Å². The van der Waals surface area contributed by atoms with Gasteiger partial charge in [-0.1, -0.05) is 17.1 Å². The summed E-state index contributed by atoms with van der Waals surface area (Å²) in [6.45, 7) is 1.73. The monoisotopic (exact) mass is 286 g/mol. The molecule has 2 rings (SSSR count). The fourth-order valence-electron chi connectivity index (χ4n) is 1.60. The molecular formula is C13H14N6O2. The van der Waals surface area contributed by atoms with E-state index in [-0.39, 0.29) is 18.6 Å². The van der Waals surface area contributed by atoms with Gasteiger partial charge in [-0.3, -0.25) is 9.78 Å². The van der Waals surface area contributed by atoms with E-state index in [0.717, 1.165) is 0 Å². The molecule has 0 bridgehead atoms. The second-order valence-electron chi connectivity index (χ2n) is 4.16. The van der Waals surface area contributed by atoms with Crippen LogP contribution in [0.5, 0.6) is 0 Å². The smallest absolute Gasteiger partial charge is 0.253 e. The van der Waals surface area contributed by atoms with Crippen LogP contribution in [0.15, 0.2) is 18.5 Å². The molecule has 0 spiro atoms. The van der Waals surface area contributed by atoms with Crippen LogP contribution in [0.4, 0.5) is 0 Å². The van der Waals surface area contributed by atoms with Gasteiger partial charge in [0, 0.05) is 18.8 Å². The third-order valence-corrected chi connectivity index (χ3v) is 2.62. The van der Waals surface area contributed by atoms with Crippen molar-refractivity contribution in [1.82, 2.24) is 30.9 Å². The number of nitrogens with zero attached hydrogens (tertiary/aromatic N) is 4. The summed E-state index contributed by atoms with van der Waals surface area (Å²) in [5, 5.41) is 24.9. The molecule has 1 unspecified atom stereocenters. The summed E-state index contributed by atoms with van der Waals surface area (Å²) in [5.41, 5.74) is 0.912. The van der Waals surface area contributed by atoms with E-state index in [2.05, 4.69) is 42.8 Å². The minimum atomic E-state index is -0.386. The number of tetrazole rings is 1. The lowest BCUT2D eigenvalue weighted by molar-refractivity contribution is 0.0938. The van der Waals surface area contributed by atoms with Crippen molar-refractivity contribution in [2.75, 3.05) is 6.61 Å². The Morgan fingerprint density at radius 1 is 1.57 bits per heavy atom. The highest BCUT2D eigenvalue weighted by atomic mass is 16.2. The molecule has 2 heterocycles. The highest BCUT2D eigenvalue weighted by Crippen LogP contribution is 2.09. The second-order valence-corrected chi connectivity index (χ2v) is 4.16. The number of aromatic nitrogens is 5. The van der Waals surface area contributed by atoms with Crippen LogP contribution < -0.4 is 5.32 Å². The van der Waals surface area contributed by atoms with Gasteiger partial charge in [-0.2, -0.15) is 5.21 Å². The number of carbonyl (C=O) groups is 1. The van der Waals surface area contributed by atoms with E-state index in [9.17, 15) is 4.79 Å². The lowest BCUT2D eigenvalue weighted by atomic mass is 10.1. The molecule has 3 N–H and O–H groups in total. The number of pyridine rings is 1. The molecule has 1 amide bonds. The van der Waals surface area contributed by atoms with E-state index < -0.39 is 0 Å². The summed E-state index contributed by atoms with van der Waals surface area (Å²) in [5.74, 6) is 5.68. The van der Waals surface area contributed by atoms with Crippen molar-refractivity contribution in [3.05, 3.63) is 35.4 Å². The number of carbonyl (C=O) groups excluding carboxylic acids is 1. The number of H-pyrrole nitrogens is 1. The summed E-state index contributed by atoms with van der Waals surface area (Å²) in [6, 6.07) is 1.20. The second kappa shape index (κ2) is 7.12. The molecule has 1 atom stereocenters. The lowest BCUT2D eigenvalue weighted by Gasteiger charge is -2.10. The molecule has 2 aromatic heterocycles. The van der Waals surface area contributed by atoms with Crippen molar-refractivity contribution < 1.29 is 9.90 Å². The summed E-state index contributed by atoms with van der Waals surface area (Å²) in [7, 11) is 0. The molecule has 2 aromatic rings. The summed E-state index contributed by atoms with van der Waals surface area (Å²) >= 11 is 0. The minimum Gasteiger partial charge on any atom is -0.395 e. The maximum Gasteiger partial charge on any atom is 0.253 e. The van der Waals surface area contributed by atoms with Gasteiger partial charge in [0.05, 0.1) is 23.8 Å². The standard InChI is InChI=1S/C13H14N6O2/c1-9(12-16-18-19-17-12)15-13(21)11-5-6-14-8-10(11)4-2-3-7-20/h5-6,8-9,20H,3,7H2,1H3,(H,15,21)(H,16,17,18,19). The first-order valence-electron chi connectivity index (χ1n) is 6.30. The Hall–Kier alpha value is -2.79. The van der Waals surface area contributed by atoms with Crippen LogP contribution in [-0.4, -0.2) is 43.2 Å². The zero-order valence-corrected chi connectivity index (χ0v) is 11.4. The molecule has 0 aliphatic heterocycles. The van der Waals surface area contributed by atoms with Crippen molar-refractivity contribution in [3.8, 4) is 11.8 Å². The van der Waals surface area contributed by atoms with Gasteiger partial charge >= 0.3 is 0 Å². The van der Waals surface area contributed by atoms with Crippen molar-refractivity contribution in [1.29, 1.82) is 0 Å². The SMILES string of the molecule is CC(NC(=O)c1ccncc1C#CCCO)c1nn[nH]n1. The Morgan fingerprint density at radius 2 is 2.43 bits per heavy atom. The quantitative estimate of drug-likeness (QED) is 0.671. The molecule has 0 aliphatic carbocycles. The average Bonchev–Trinajstić information content (AvgIpc) is 3.02. The van der Waals surface area contributed by atoms with Gasteiger partial charge in [0.15, 0.2) is 5.82 Å². The van der Waals surface area contributed by atoms with E-state index in [1.807, 2.05) is 0 Å². The van der Waals surface area contributed by atoms with Crippen LogP contribution in [0.2, 0.25) is 0 Å². The topological polar surface area (TPSA) is 117 Å². The number of aliphatic hydroxyl groups excluding tert-OH is 1. The van der Waals surface area contributed by atoms with E-state index in [1.54, 1.807) is 13.0 Å². The first kappa shape index (κ1) is 14.6. The number of aliphatic hydroxyl groups is 1. The predicted octanol–water partition coefficient (Wildman–Crippen LogP) is -0.180. The molecule has 0 radical (unpaired) electrons. The average molecular weight is 286 g/mol. The van der Waals surface area contributed by atoms with Crippen molar-refractivity contribution in [2.45, 2.75) is 19.4 Å². The number of amides is 1. The molecule has 0 saturated heterocycles.